The SMILES string of the molecule is CCCCOC(=O)C1CC2(O)c3ccccc3C1(O)c1ccc(O)cc12. The lowest BCUT2D eigenvalue weighted by Gasteiger charge is -2.53. The second-order valence-electron chi connectivity index (χ2n) is 7.18. The second kappa shape index (κ2) is 5.83. The van der Waals surface area contributed by atoms with Gasteiger partial charge in [0.2, 0.25) is 0 Å². The number of carbonyl (C=O) groups excluding carboxylic acids is 1. The van der Waals surface area contributed by atoms with E-state index in [-0.39, 0.29) is 12.2 Å². The zero-order valence-electron chi connectivity index (χ0n) is 14.6. The van der Waals surface area contributed by atoms with Crippen molar-refractivity contribution >= 4 is 5.97 Å². The molecule has 5 nitrogen and oxygen atoms in total. The van der Waals surface area contributed by atoms with Gasteiger partial charge in [0, 0.05) is 6.42 Å². The molecule has 0 spiro atoms. The molecule has 0 aliphatic heterocycles. The lowest BCUT2D eigenvalue weighted by atomic mass is 9.54. The minimum atomic E-state index is -1.59. The number of hydrogen-bond donors (Lipinski definition) is 3. The molecule has 2 bridgehead atoms. The highest BCUT2D eigenvalue weighted by Crippen LogP contribution is 2.60. The minimum absolute atomic E-state index is 0.00729. The Kier molecular flexibility index (Phi) is 3.82. The van der Waals surface area contributed by atoms with Crippen molar-refractivity contribution in [2.24, 2.45) is 5.92 Å². The fourth-order valence-electron chi connectivity index (χ4n) is 4.38. The number of hydrogen-bond acceptors (Lipinski definition) is 5. The molecule has 0 heterocycles. The van der Waals surface area contributed by atoms with E-state index in [2.05, 4.69) is 0 Å². The van der Waals surface area contributed by atoms with E-state index in [0.717, 1.165) is 12.8 Å². The van der Waals surface area contributed by atoms with Gasteiger partial charge >= 0.3 is 5.97 Å². The maximum atomic E-state index is 12.8. The van der Waals surface area contributed by atoms with Gasteiger partial charge in [-0.1, -0.05) is 43.7 Å². The average molecular weight is 354 g/mol. The average Bonchev–Trinajstić information content (AvgIpc) is 2.64. The van der Waals surface area contributed by atoms with Crippen molar-refractivity contribution in [3.63, 3.8) is 0 Å². The minimum Gasteiger partial charge on any atom is -0.508 e. The van der Waals surface area contributed by atoms with Gasteiger partial charge in [-0.15, -0.1) is 0 Å². The van der Waals surface area contributed by atoms with E-state index in [1.54, 1.807) is 30.3 Å². The van der Waals surface area contributed by atoms with Crippen molar-refractivity contribution in [2.75, 3.05) is 6.61 Å². The summed E-state index contributed by atoms with van der Waals surface area (Å²) in [6.45, 7) is 2.30. The third-order valence-electron chi connectivity index (χ3n) is 5.67. The molecule has 0 aromatic heterocycles. The Bertz CT molecular complexity index is 876. The van der Waals surface area contributed by atoms with Crippen LogP contribution in [-0.4, -0.2) is 27.9 Å². The van der Waals surface area contributed by atoms with Crippen molar-refractivity contribution in [1.29, 1.82) is 0 Å². The highest BCUT2D eigenvalue weighted by molar-refractivity contribution is 5.79. The number of aromatic hydroxyl groups is 1. The zero-order chi connectivity index (χ0) is 18.5. The van der Waals surface area contributed by atoms with E-state index < -0.39 is 23.1 Å². The van der Waals surface area contributed by atoms with Gasteiger partial charge in [-0.2, -0.15) is 0 Å². The molecule has 26 heavy (non-hydrogen) atoms. The van der Waals surface area contributed by atoms with Gasteiger partial charge in [0.1, 0.15) is 17.0 Å². The van der Waals surface area contributed by atoms with Crippen LogP contribution in [-0.2, 0) is 20.7 Å². The molecule has 0 fully saturated rings. The largest absolute Gasteiger partial charge is 0.508 e. The van der Waals surface area contributed by atoms with Crippen LogP contribution in [0.15, 0.2) is 42.5 Å². The molecule has 136 valence electrons. The van der Waals surface area contributed by atoms with Crippen molar-refractivity contribution in [3.8, 4) is 5.75 Å². The molecule has 0 saturated carbocycles. The molecule has 0 saturated heterocycles. The quantitative estimate of drug-likeness (QED) is 0.580. The van der Waals surface area contributed by atoms with Crippen LogP contribution < -0.4 is 0 Å². The van der Waals surface area contributed by atoms with Gasteiger partial charge in [-0.3, -0.25) is 4.79 Å². The molecular formula is C21H22O5. The summed E-state index contributed by atoms with van der Waals surface area (Å²) in [5, 5.41) is 33.1. The Morgan fingerprint density at radius 3 is 2.54 bits per heavy atom. The standard InChI is InChI=1S/C21H22O5/c1-2-3-10-26-19(23)18-12-20(24)14-6-4-5-7-15(14)21(18,25)16-9-8-13(22)11-17(16)20/h4-9,11,18,22,24-25H,2-3,10,12H2,1H3. The lowest BCUT2D eigenvalue weighted by Crippen LogP contribution is -2.57. The molecular weight excluding hydrogens is 332 g/mol. The number of ether oxygens (including phenoxy) is 1. The van der Waals surface area contributed by atoms with E-state index in [1.807, 2.05) is 6.92 Å². The molecule has 3 unspecified atom stereocenters. The van der Waals surface area contributed by atoms with E-state index in [4.69, 9.17) is 4.74 Å². The lowest BCUT2D eigenvalue weighted by molar-refractivity contribution is -0.167. The normalized spacial score (nSPS) is 28.3. The number of carbonyl (C=O) groups is 1. The number of aliphatic hydroxyl groups is 2. The molecule has 3 atom stereocenters. The molecule has 3 aliphatic rings. The third kappa shape index (κ3) is 2.14. The summed E-state index contributed by atoms with van der Waals surface area (Å²) in [7, 11) is 0. The summed E-state index contributed by atoms with van der Waals surface area (Å²) in [5.41, 5.74) is -1.07. The molecule has 3 N–H and O–H groups in total. The molecule has 5 rings (SSSR count). The van der Waals surface area contributed by atoms with Crippen LogP contribution in [0.2, 0.25) is 0 Å². The van der Waals surface area contributed by atoms with Crippen LogP contribution in [0.3, 0.4) is 0 Å². The zero-order valence-corrected chi connectivity index (χ0v) is 14.6. The summed E-state index contributed by atoms with van der Waals surface area (Å²) >= 11 is 0. The van der Waals surface area contributed by atoms with Gasteiger partial charge in [0.25, 0.3) is 0 Å². The maximum Gasteiger partial charge on any atom is 0.312 e. The summed E-state index contributed by atoms with van der Waals surface area (Å²) in [4.78, 5) is 12.8. The number of unbranched alkanes of at least 4 members (excludes halogenated alkanes) is 1. The van der Waals surface area contributed by atoms with E-state index in [0.29, 0.717) is 28.9 Å². The number of benzene rings is 2. The van der Waals surface area contributed by atoms with Crippen LogP contribution in [0.4, 0.5) is 0 Å². The monoisotopic (exact) mass is 354 g/mol. The first-order valence-electron chi connectivity index (χ1n) is 8.98. The van der Waals surface area contributed by atoms with Gasteiger partial charge < -0.3 is 20.1 Å². The Morgan fingerprint density at radius 2 is 1.81 bits per heavy atom. The first-order chi connectivity index (χ1) is 12.4. The van der Waals surface area contributed by atoms with Crippen LogP contribution >= 0.6 is 0 Å². The van der Waals surface area contributed by atoms with Gasteiger partial charge in [-0.05, 0) is 40.8 Å². The number of esters is 1. The highest BCUT2D eigenvalue weighted by Gasteiger charge is 2.62. The summed E-state index contributed by atoms with van der Waals surface area (Å²) in [6.07, 6.45) is 1.67. The molecule has 2 aromatic carbocycles. The van der Waals surface area contributed by atoms with Crippen molar-refractivity contribution in [3.05, 3.63) is 64.7 Å². The van der Waals surface area contributed by atoms with E-state index >= 15 is 0 Å². The number of phenols is 1. The van der Waals surface area contributed by atoms with Crippen molar-refractivity contribution < 1.29 is 24.9 Å². The molecule has 2 aromatic rings. The third-order valence-corrected chi connectivity index (χ3v) is 5.67. The van der Waals surface area contributed by atoms with Gasteiger partial charge in [-0.25, -0.2) is 0 Å². The Labute approximate surface area is 151 Å². The van der Waals surface area contributed by atoms with Gasteiger partial charge in [0.15, 0.2) is 0 Å². The predicted molar refractivity (Wildman–Crippen MR) is 94.5 cm³/mol. The molecule has 0 radical (unpaired) electrons. The van der Waals surface area contributed by atoms with E-state index in [9.17, 15) is 20.1 Å². The Balaban J connectivity index is 1.88. The van der Waals surface area contributed by atoms with Gasteiger partial charge in [0.05, 0.1) is 12.5 Å². The number of phenolic OH excluding ortho intramolecular Hbond substituents is 1. The smallest absolute Gasteiger partial charge is 0.312 e. The summed E-state index contributed by atoms with van der Waals surface area (Å²) < 4.78 is 5.38. The summed E-state index contributed by atoms with van der Waals surface area (Å²) in [5.74, 6) is -1.41. The van der Waals surface area contributed by atoms with Crippen LogP contribution in [0.1, 0.15) is 48.4 Å². The van der Waals surface area contributed by atoms with Crippen molar-refractivity contribution in [2.45, 2.75) is 37.4 Å². The fourth-order valence-corrected chi connectivity index (χ4v) is 4.38. The highest BCUT2D eigenvalue weighted by atomic mass is 16.5. The Hall–Kier alpha value is -2.37. The first-order valence-corrected chi connectivity index (χ1v) is 8.98. The molecule has 3 aliphatic carbocycles. The Morgan fingerprint density at radius 1 is 1.12 bits per heavy atom. The summed E-state index contributed by atoms with van der Waals surface area (Å²) in [6, 6.07) is 11.6. The maximum absolute atomic E-state index is 12.8. The fraction of sp³-hybridized carbons (Fsp3) is 0.381. The van der Waals surface area contributed by atoms with Crippen LogP contribution in [0, 0.1) is 5.92 Å². The first kappa shape index (κ1) is 17.1. The van der Waals surface area contributed by atoms with Crippen LogP contribution in [0.5, 0.6) is 5.75 Å². The topological polar surface area (TPSA) is 87.0 Å². The predicted octanol–water partition coefficient (Wildman–Crippen LogP) is 2.54. The van der Waals surface area contributed by atoms with E-state index in [1.165, 1.54) is 12.1 Å². The second-order valence-corrected chi connectivity index (χ2v) is 7.18. The van der Waals surface area contributed by atoms with Crippen LogP contribution in [0.25, 0.3) is 0 Å². The molecule has 0 amide bonds. The number of fused-ring (bicyclic) bond motifs is 1. The molecule has 5 heteroatoms. The van der Waals surface area contributed by atoms with Crippen molar-refractivity contribution in [1.82, 2.24) is 0 Å². The number of rotatable bonds is 4.